The first-order valence-electron chi connectivity index (χ1n) is 9.89. The number of fused-ring (bicyclic) bond motifs is 1. The molecule has 0 saturated carbocycles. The lowest BCUT2D eigenvalue weighted by Crippen LogP contribution is -2.07. The molecule has 0 amide bonds. The van der Waals surface area contributed by atoms with Gasteiger partial charge in [-0.3, -0.25) is 0 Å². The summed E-state index contributed by atoms with van der Waals surface area (Å²) in [5, 5.41) is 10.4. The number of aryl methyl sites for hydroxylation is 2. The van der Waals surface area contributed by atoms with E-state index in [2.05, 4.69) is 54.8 Å². The average Bonchev–Trinajstić information content (AvgIpc) is 3.02. The third-order valence-corrected chi connectivity index (χ3v) is 5.60. The lowest BCUT2D eigenvalue weighted by atomic mass is 9.91. The fraction of sp³-hybridized carbons (Fsp3) is 0.240. The first-order chi connectivity index (χ1) is 13.6. The van der Waals surface area contributed by atoms with Crippen molar-refractivity contribution in [2.45, 2.75) is 39.7 Å². The Morgan fingerprint density at radius 3 is 2.50 bits per heavy atom. The molecule has 3 nitrogen and oxygen atoms in total. The predicted molar refractivity (Wildman–Crippen MR) is 115 cm³/mol. The van der Waals surface area contributed by atoms with Gasteiger partial charge in [-0.15, -0.1) is 0 Å². The minimum Gasteiger partial charge on any atom is -0.478 e. The van der Waals surface area contributed by atoms with Crippen molar-refractivity contribution in [3.05, 3.63) is 88.6 Å². The van der Waals surface area contributed by atoms with Crippen LogP contribution >= 0.6 is 0 Å². The van der Waals surface area contributed by atoms with Crippen molar-refractivity contribution < 1.29 is 9.90 Å². The van der Waals surface area contributed by atoms with Gasteiger partial charge in [-0.2, -0.15) is 0 Å². The summed E-state index contributed by atoms with van der Waals surface area (Å²) >= 11 is 0. The Kier molecular flexibility index (Phi) is 4.91. The number of hydrogen-bond acceptors (Lipinski definition) is 1. The Morgan fingerprint density at radius 1 is 1.04 bits per heavy atom. The van der Waals surface area contributed by atoms with Crippen LogP contribution in [0.25, 0.3) is 16.5 Å². The molecule has 0 atom stereocenters. The molecule has 0 saturated heterocycles. The zero-order valence-corrected chi connectivity index (χ0v) is 16.4. The van der Waals surface area contributed by atoms with E-state index in [0.29, 0.717) is 5.56 Å². The molecule has 3 heteroatoms. The highest BCUT2D eigenvalue weighted by Gasteiger charge is 2.15. The van der Waals surface area contributed by atoms with E-state index in [1.807, 2.05) is 12.1 Å². The number of carbonyl (C=O) groups is 1. The van der Waals surface area contributed by atoms with Crippen LogP contribution in [0.15, 0.2) is 66.3 Å². The second kappa shape index (κ2) is 7.51. The highest BCUT2D eigenvalue weighted by atomic mass is 16.4. The minimum absolute atomic E-state index is 0.324. The molecule has 1 aromatic heterocycles. The van der Waals surface area contributed by atoms with Crippen LogP contribution in [0.4, 0.5) is 0 Å². The summed E-state index contributed by atoms with van der Waals surface area (Å²) in [5.74, 6) is -0.888. The van der Waals surface area contributed by atoms with Gasteiger partial charge >= 0.3 is 5.97 Å². The number of carboxylic acids is 1. The summed E-state index contributed by atoms with van der Waals surface area (Å²) in [7, 11) is 0. The molecule has 1 N–H and O–H groups in total. The first kappa shape index (κ1) is 18.3. The van der Waals surface area contributed by atoms with Crippen LogP contribution in [-0.4, -0.2) is 15.6 Å². The number of carboxylic acid groups (broad SMARTS) is 1. The van der Waals surface area contributed by atoms with E-state index in [1.165, 1.54) is 33.3 Å². The molecule has 0 bridgehead atoms. The topological polar surface area (TPSA) is 42.2 Å². The monoisotopic (exact) mass is 371 g/mol. The molecular weight excluding hydrogens is 346 g/mol. The van der Waals surface area contributed by atoms with Crippen molar-refractivity contribution in [3.63, 3.8) is 0 Å². The Hall–Kier alpha value is -3.07. The van der Waals surface area contributed by atoms with Crippen LogP contribution in [0, 0.1) is 6.92 Å². The number of benzene rings is 2. The number of nitrogens with zero attached hydrogens (tertiary/aromatic N) is 1. The molecule has 3 aromatic rings. The van der Waals surface area contributed by atoms with Gasteiger partial charge < -0.3 is 9.67 Å². The molecule has 142 valence electrons. The normalized spacial score (nSPS) is 14.1. The lowest BCUT2D eigenvalue weighted by Gasteiger charge is -2.19. The molecule has 0 aliphatic heterocycles. The molecule has 0 spiro atoms. The van der Waals surface area contributed by atoms with Crippen LogP contribution in [0.3, 0.4) is 0 Å². The maximum atomic E-state index is 11.1. The molecule has 4 rings (SSSR count). The molecule has 1 aliphatic carbocycles. The van der Waals surface area contributed by atoms with Gasteiger partial charge in [-0.25, -0.2) is 4.79 Å². The van der Waals surface area contributed by atoms with Crippen molar-refractivity contribution in [2.75, 3.05) is 0 Å². The number of aromatic carboxylic acids is 1. The summed E-state index contributed by atoms with van der Waals surface area (Å²) in [4.78, 5) is 11.1. The van der Waals surface area contributed by atoms with Crippen molar-refractivity contribution in [1.29, 1.82) is 0 Å². The van der Waals surface area contributed by atoms with E-state index in [1.54, 1.807) is 12.1 Å². The van der Waals surface area contributed by atoms with Crippen molar-refractivity contribution in [3.8, 4) is 0 Å². The van der Waals surface area contributed by atoms with Crippen LogP contribution in [-0.2, 0) is 13.0 Å². The summed E-state index contributed by atoms with van der Waals surface area (Å²) < 4.78 is 2.38. The van der Waals surface area contributed by atoms with Crippen LogP contribution in [0.1, 0.15) is 46.9 Å². The Morgan fingerprint density at radius 2 is 1.79 bits per heavy atom. The van der Waals surface area contributed by atoms with Gasteiger partial charge in [0.2, 0.25) is 0 Å². The molecule has 1 aliphatic rings. The Balaban J connectivity index is 1.68. The van der Waals surface area contributed by atoms with Gasteiger partial charge in [0.1, 0.15) is 0 Å². The number of hydrogen-bond donors (Lipinski definition) is 1. The zero-order valence-electron chi connectivity index (χ0n) is 16.4. The van der Waals surface area contributed by atoms with E-state index >= 15 is 0 Å². The quantitative estimate of drug-likeness (QED) is 0.596. The zero-order chi connectivity index (χ0) is 19.7. The Labute approximate surface area is 165 Å². The fourth-order valence-electron chi connectivity index (χ4n) is 4.03. The largest absolute Gasteiger partial charge is 0.478 e. The predicted octanol–water partition coefficient (Wildman–Crippen LogP) is 6.01. The fourth-order valence-corrected chi connectivity index (χ4v) is 4.03. The standard InChI is InChI=1S/C25H25NO2/c1-3-18-8-13-24-22(15-18)14-17(2)26(24)16-21-6-4-5-7-23(21)19-9-11-20(12-10-19)25(27)28/h6-15H,3-5,16H2,1-2H3,(H,27,28). The first-order valence-corrected chi connectivity index (χ1v) is 9.89. The van der Waals surface area contributed by atoms with Crippen molar-refractivity contribution >= 4 is 22.4 Å². The highest BCUT2D eigenvalue weighted by molar-refractivity contribution is 5.89. The lowest BCUT2D eigenvalue weighted by molar-refractivity contribution is 0.0697. The molecule has 0 fully saturated rings. The summed E-state index contributed by atoms with van der Waals surface area (Å²) in [6.45, 7) is 5.18. The summed E-state index contributed by atoms with van der Waals surface area (Å²) in [6.07, 6.45) is 7.72. The summed E-state index contributed by atoms with van der Waals surface area (Å²) in [5.41, 5.74) is 7.81. The minimum atomic E-state index is -0.888. The second-order valence-electron chi connectivity index (χ2n) is 7.43. The van der Waals surface area contributed by atoms with Gasteiger partial charge in [-0.1, -0.05) is 37.3 Å². The van der Waals surface area contributed by atoms with Gasteiger partial charge in [0.25, 0.3) is 0 Å². The number of allylic oxidation sites excluding steroid dienone is 4. The van der Waals surface area contributed by atoms with E-state index in [-0.39, 0.29) is 0 Å². The third kappa shape index (κ3) is 3.40. The molecule has 1 heterocycles. The van der Waals surface area contributed by atoms with Crippen molar-refractivity contribution in [1.82, 2.24) is 4.57 Å². The van der Waals surface area contributed by atoms with E-state index in [0.717, 1.165) is 31.4 Å². The molecule has 0 unspecified atom stereocenters. The molecular formula is C25H25NO2. The summed E-state index contributed by atoms with van der Waals surface area (Å²) in [6, 6.07) is 16.2. The van der Waals surface area contributed by atoms with E-state index in [9.17, 15) is 4.79 Å². The van der Waals surface area contributed by atoms with Gasteiger partial charge in [0.05, 0.1) is 5.56 Å². The highest BCUT2D eigenvalue weighted by Crippen LogP contribution is 2.32. The smallest absolute Gasteiger partial charge is 0.335 e. The Bertz CT molecular complexity index is 1100. The van der Waals surface area contributed by atoms with E-state index < -0.39 is 5.97 Å². The van der Waals surface area contributed by atoms with Gasteiger partial charge in [-0.05, 0) is 78.8 Å². The van der Waals surface area contributed by atoms with Gasteiger partial charge in [0, 0.05) is 23.1 Å². The van der Waals surface area contributed by atoms with Gasteiger partial charge in [0.15, 0.2) is 0 Å². The SMILES string of the molecule is CCc1ccc2c(c1)cc(C)n2CC1=CCCC=C1c1ccc(C(=O)O)cc1. The average molecular weight is 371 g/mol. The maximum absolute atomic E-state index is 11.1. The maximum Gasteiger partial charge on any atom is 0.335 e. The van der Waals surface area contributed by atoms with E-state index in [4.69, 9.17) is 5.11 Å². The van der Waals surface area contributed by atoms with Crippen molar-refractivity contribution in [2.24, 2.45) is 0 Å². The number of aromatic nitrogens is 1. The van der Waals surface area contributed by atoms with Crippen LogP contribution < -0.4 is 0 Å². The molecule has 2 aromatic carbocycles. The third-order valence-electron chi connectivity index (χ3n) is 5.60. The second-order valence-corrected chi connectivity index (χ2v) is 7.43. The number of rotatable bonds is 5. The van der Waals surface area contributed by atoms with Crippen LogP contribution in [0.2, 0.25) is 0 Å². The molecule has 0 radical (unpaired) electrons. The molecule has 28 heavy (non-hydrogen) atoms. The van der Waals surface area contributed by atoms with Crippen LogP contribution in [0.5, 0.6) is 0 Å².